The molecule has 5 heteroatoms. The number of esters is 1. The summed E-state index contributed by atoms with van der Waals surface area (Å²) in [5.74, 6) is -0.350. The number of hydrogen-bond acceptors (Lipinski definition) is 3. The lowest BCUT2D eigenvalue weighted by Gasteiger charge is -1.97. The van der Waals surface area contributed by atoms with Crippen LogP contribution in [0.25, 0.3) is 0 Å². The summed E-state index contributed by atoms with van der Waals surface area (Å²) in [5, 5.41) is 3.95. The third kappa shape index (κ3) is 1.85. The number of halogens is 1. The Labute approximate surface area is 78.6 Å². The zero-order valence-electron chi connectivity index (χ0n) is 6.87. The van der Waals surface area contributed by atoms with E-state index in [9.17, 15) is 4.79 Å². The number of carbonyl (C=O) groups is 1. The molecule has 1 aromatic heterocycles. The molecule has 0 atom stereocenters. The molecule has 1 heterocycles. The predicted molar refractivity (Wildman–Crippen MR) is 46.9 cm³/mol. The maximum absolute atomic E-state index is 11.2. The first-order chi connectivity index (χ1) is 5.65. The van der Waals surface area contributed by atoms with Crippen LogP contribution in [-0.2, 0) is 11.8 Å². The quantitative estimate of drug-likeness (QED) is 0.724. The molecular weight excluding hydrogens is 224 g/mol. The van der Waals surface area contributed by atoms with Gasteiger partial charge in [-0.25, -0.2) is 4.79 Å². The molecule has 4 nitrogen and oxygen atoms in total. The van der Waals surface area contributed by atoms with Crippen molar-refractivity contribution in [2.75, 3.05) is 6.61 Å². The van der Waals surface area contributed by atoms with Gasteiger partial charge >= 0.3 is 5.97 Å². The van der Waals surface area contributed by atoms with Gasteiger partial charge in [-0.3, -0.25) is 4.68 Å². The van der Waals surface area contributed by atoms with Crippen LogP contribution in [0, 0.1) is 0 Å². The Morgan fingerprint density at radius 3 is 2.92 bits per heavy atom. The Kier molecular flexibility index (Phi) is 2.86. The van der Waals surface area contributed by atoms with Crippen LogP contribution in [0.2, 0.25) is 0 Å². The van der Waals surface area contributed by atoms with Crippen LogP contribution in [0.15, 0.2) is 10.8 Å². The summed E-state index contributed by atoms with van der Waals surface area (Å²) in [4.78, 5) is 11.2. The first-order valence-electron chi connectivity index (χ1n) is 3.51. The zero-order chi connectivity index (χ0) is 9.14. The molecule has 12 heavy (non-hydrogen) atoms. The number of nitrogens with zero attached hydrogens (tertiary/aromatic N) is 2. The van der Waals surface area contributed by atoms with Gasteiger partial charge in [-0.2, -0.15) is 5.10 Å². The van der Waals surface area contributed by atoms with Crippen molar-refractivity contribution in [1.29, 1.82) is 0 Å². The Balaban J connectivity index is 2.87. The molecule has 0 aliphatic rings. The van der Waals surface area contributed by atoms with Gasteiger partial charge in [-0.05, 0) is 22.9 Å². The monoisotopic (exact) mass is 232 g/mol. The highest BCUT2D eigenvalue weighted by Gasteiger charge is 2.13. The van der Waals surface area contributed by atoms with Crippen molar-refractivity contribution >= 4 is 21.9 Å². The van der Waals surface area contributed by atoms with Crippen LogP contribution in [0.3, 0.4) is 0 Å². The first-order valence-corrected chi connectivity index (χ1v) is 4.30. The predicted octanol–water partition coefficient (Wildman–Crippen LogP) is 1.36. The fraction of sp³-hybridized carbons (Fsp3) is 0.429. The number of aryl methyl sites for hydroxylation is 1. The number of ether oxygens (including phenoxy) is 1. The van der Waals surface area contributed by atoms with Crippen molar-refractivity contribution in [3.63, 3.8) is 0 Å². The van der Waals surface area contributed by atoms with Gasteiger partial charge in [0.05, 0.1) is 6.61 Å². The average Bonchev–Trinajstić information content (AvgIpc) is 2.30. The van der Waals surface area contributed by atoms with Gasteiger partial charge in [0.25, 0.3) is 0 Å². The van der Waals surface area contributed by atoms with Gasteiger partial charge < -0.3 is 4.74 Å². The van der Waals surface area contributed by atoms with E-state index in [0.29, 0.717) is 16.8 Å². The van der Waals surface area contributed by atoms with E-state index in [-0.39, 0.29) is 5.97 Å². The van der Waals surface area contributed by atoms with Gasteiger partial charge in [0.15, 0.2) is 0 Å². The normalized spacial score (nSPS) is 9.92. The maximum atomic E-state index is 11.2. The molecule has 0 saturated heterocycles. The van der Waals surface area contributed by atoms with E-state index in [1.54, 1.807) is 24.9 Å². The molecule has 66 valence electrons. The molecule has 0 unspecified atom stereocenters. The lowest BCUT2D eigenvalue weighted by molar-refractivity contribution is 0.0525. The second-order valence-electron chi connectivity index (χ2n) is 2.23. The van der Waals surface area contributed by atoms with Crippen molar-refractivity contribution in [3.8, 4) is 0 Å². The molecule has 0 radical (unpaired) electrons. The van der Waals surface area contributed by atoms with Gasteiger partial charge in [0.1, 0.15) is 10.2 Å². The van der Waals surface area contributed by atoms with Crippen LogP contribution >= 0.6 is 15.9 Å². The van der Waals surface area contributed by atoms with Crippen molar-refractivity contribution in [1.82, 2.24) is 9.78 Å². The standard InChI is InChI=1S/C7H9BrN2O2/c1-3-12-7(11)5-4-10(2)9-6(5)8/h4H,3H2,1-2H3. The second kappa shape index (κ2) is 3.71. The molecule has 0 N–H and O–H groups in total. The lowest BCUT2D eigenvalue weighted by Crippen LogP contribution is -2.03. The fourth-order valence-electron chi connectivity index (χ4n) is 0.807. The highest BCUT2D eigenvalue weighted by molar-refractivity contribution is 9.10. The van der Waals surface area contributed by atoms with Gasteiger partial charge in [-0.15, -0.1) is 0 Å². The average molecular weight is 233 g/mol. The summed E-state index contributed by atoms with van der Waals surface area (Å²) in [6.45, 7) is 2.14. The SMILES string of the molecule is CCOC(=O)c1cn(C)nc1Br. The van der Waals surface area contributed by atoms with E-state index >= 15 is 0 Å². The molecule has 0 aliphatic carbocycles. The van der Waals surface area contributed by atoms with E-state index in [0.717, 1.165) is 0 Å². The fourth-order valence-corrected chi connectivity index (χ4v) is 1.32. The van der Waals surface area contributed by atoms with Gasteiger partial charge in [0.2, 0.25) is 0 Å². The minimum atomic E-state index is -0.350. The number of aromatic nitrogens is 2. The Morgan fingerprint density at radius 2 is 2.50 bits per heavy atom. The summed E-state index contributed by atoms with van der Waals surface area (Å²) < 4.78 is 6.87. The molecular formula is C7H9BrN2O2. The van der Waals surface area contributed by atoms with Crippen molar-refractivity contribution in [2.24, 2.45) is 7.05 Å². The number of carbonyl (C=O) groups excluding carboxylic acids is 1. The van der Waals surface area contributed by atoms with E-state index in [2.05, 4.69) is 21.0 Å². The molecule has 0 fully saturated rings. The zero-order valence-corrected chi connectivity index (χ0v) is 8.46. The molecule has 1 aromatic rings. The van der Waals surface area contributed by atoms with Gasteiger partial charge in [-0.1, -0.05) is 0 Å². The van der Waals surface area contributed by atoms with Crippen molar-refractivity contribution in [3.05, 3.63) is 16.4 Å². The van der Waals surface area contributed by atoms with Gasteiger partial charge in [0, 0.05) is 13.2 Å². The summed E-state index contributed by atoms with van der Waals surface area (Å²) in [5.41, 5.74) is 0.458. The van der Waals surface area contributed by atoms with Crippen LogP contribution in [0.1, 0.15) is 17.3 Å². The van der Waals surface area contributed by atoms with Crippen LogP contribution in [0.4, 0.5) is 0 Å². The Hall–Kier alpha value is -0.840. The second-order valence-corrected chi connectivity index (χ2v) is 2.98. The molecule has 0 aliphatic heterocycles. The van der Waals surface area contributed by atoms with E-state index in [4.69, 9.17) is 4.74 Å². The highest BCUT2D eigenvalue weighted by Crippen LogP contribution is 2.14. The van der Waals surface area contributed by atoms with E-state index < -0.39 is 0 Å². The van der Waals surface area contributed by atoms with E-state index in [1.165, 1.54) is 0 Å². The minimum absolute atomic E-state index is 0.350. The number of hydrogen-bond donors (Lipinski definition) is 0. The topological polar surface area (TPSA) is 44.1 Å². The Bertz CT molecular complexity index is 296. The highest BCUT2D eigenvalue weighted by atomic mass is 79.9. The van der Waals surface area contributed by atoms with Crippen LogP contribution in [-0.4, -0.2) is 22.4 Å². The van der Waals surface area contributed by atoms with E-state index in [1.807, 2.05) is 0 Å². The number of rotatable bonds is 2. The maximum Gasteiger partial charge on any atom is 0.342 e. The third-order valence-electron chi connectivity index (χ3n) is 1.28. The summed E-state index contributed by atoms with van der Waals surface area (Å²) in [7, 11) is 1.74. The molecule has 0 amide bonds. The van der Waals surface area contributed by atoms with Crippen LogP contribution < -0.4 is 0 Å². The largest absolute Gasteiger partial charge is 0.462 e. The summed E-state index contributed by atoms with van der Waals surface area (Å²) >= 11 is 3.15. The first kappa shape index (κ1) is 9.25. The minimum Gasteiger partial charge on any atom is -0.462 e. The molecule has 0 spiro atoms. The Morgan fingerprint density at radius 1 is 1.83 bits per heavy atom. The third-order valence-corrected chi connectivity index (χ3v) is 1.86. The molecule has 0 saturated carbocycles. The smallest absolute Gasteiger partial charge is 0.342 e. The summed E-state index contributed by atoms with van der Waals surface area (Å²) in [6, 6.07) is 0. The van der Waals surface area contributed by atoms with Crippen molar-refractivity contribution < 1.29 is 9.53 Å². The molecule has 0 bridgehead atoms. The molecule has 1 rings (SSSR count). The lowest BCUT2D eigenvalue weighted by atomic mass is 10.4. The summed E-state index contributed by atoms with van der Waals surface area (Å²) in [6.07, 6.45) is 1.61. The van der Waals surface area contributed by atoms with Crippen LogP contribution in [0.5, 0.6) is 0 Å². The van der Waals surface area contributed by atoms with Crippen molar-refractivity contribution in [2.45, 2.75) is 6.92 Å². The molecule has 0 aromatic carbocycles.